The summed E-state index contributed by atoms with van der Waals surface area (Å²) < 4.78 is 27.2. The van der Waals surface area contributed by atoms with Gasteiger partial charge in [0.15, 0.2) is 0 Å². The summed E-state index contributed by atoms with van der Waals surface area (Å²) >= 11 is 0. The number of H-pyrrole nitrogens is 1. The topological polar surface area (TPSA) is 83.0 Å². The number of phenolic OH excluding ortho intramolecular Hbond substituents is 1. The molecule has 0 fully saturated rings. The van der Waals surface area contributed by atoms with Gasteiger partial charge in [0.05, 0.1) is 15.9 Å². The lowest BCUT2D eigenvalue weighted by molar-refractivity contribution is 0.469. The van der Waals surface area contributed by atoms with Crippen molar-refractivity contribution in [3.05, 3.63) is 81.5 Å². The van der Waals surface area contributed by atoms with E-state index in [-0.39, 0.29) is 10.9 Å². The molecule has 4 aromatic rings. The van der Waals surface area contributed by atoms with Crippen molar-refractivity contribution in [1.29, 1.82) is 0 Å². The van der Waals surface area contributed by atoms with E-state index in [9.17, 15) is 13.5 Å². The Hall–Kier alpha value is -3.12. The Morgan fingerprint density at radius 3 is 2.33 bits per heavy atom. The molecule has 4 rings (SSSR count). The van der Waals surface area contributed by atoms with Gasteiger partial charge in [-0.15, -0.1) is 0 Å². The quantitative estimate of drug-likeness (QED) is 0.378. The highest BCUT2D eigenvalue weighted by Gasteiger charge is 2.28. The van der Waals surface area contributed by atoms with Gasteiger partial charge in [-0.3, -0.25) is 4.98 Å². The number of phenols is 1. The molecule has 0 radical (unpaired) electrons. The van der Waals surface area contributed by atoms with Crippen molar-refractivity contribution in [2.24, 2.45) is 0 Å². The lowest BCUT2D eigenvalue weighted by Gasteiger charge is -2.14. The van der Waals surface area contributed by atoms with Gasteiger partial charge in [-0.1, -0.05) is 32.0 Å². The fourth-order valence-electron chi connectivity index (χ4n) is 4.48. The van der Waals surface area contributed by atoms with Crippen LogP contribution in [-0.2, 0) is 16.3 Å². The average Bonchev–Trinajstić information content (AvgIpc) is 3.15. The molecule has 5 nitrogen and oxygen atoms in total. The summed E-state index contributed by atoms with van der Waals surface area (Å²) in [7, 11) is -3.73. The number of nitrogens with zero attached hydrogens (tertiary/aromatic N) is 1. The summed E-state index contributed by atoms with van der Waals surface area (Å²) in [5, 5.41) is 10.3. The number of sulfone groups is 1. The van der Waals surface area contributed by atoms with E-state index in [1.54, 1.807) is 18.2 Å². The summed E-state index contributed by atoms with van der Waals surface area (Å²) in [6, 6.07) is 12.7. The van der Waals surface area contributed by atoms with Gasteiger partial charge in [-0.05, 0) is 85.7 Å². The molecule has 0 aliphatic rings. The number of aryl methyl sites for hydroxylation is 2. The fourth-order valence-corrected chi connectivity index (χ4v) is 6.32. The van der Waals surface area contributed by atoms with Crippen LogP contribution in [0.15, 0.2) is 52.4 Å². The largest absolute Gasteiger partial charge is 0.508 e. The first-order valence-corrected chi connectivity index (χ1v) is 12.6. The zero-order chi connectivity index (χ0) is 24.1. The highest BCUT2D eigenvalue weighted by Crippen LogP contribution is 2.35. The summed E-state index contributed by atoms with van der Waals surface area (Å²) in [6.45, 7) is 11.7. The molecule has 0 unspecified atom stereocenters. The van der Waals surface area contributed by atoms with Crippen molar-refractivity contribution >= 4 is 20.9 Å². The van der Waals surface area contributed by atoms with E-state index in [1.165, 1.54) is 0 Å². The molecule has 0 amide bonds. The number of nitrogens with one attached hydrogen (secondary N) is 1. The zero-order valence-electron chi connectivity index (χ0n) is 19.9. The van der Waals surface area contributed by atoms with E-state index in [1.807, 2.05) is 65.8 Å². The molecule has 0 aliphatic heterocycles. The molecule has 0 aliphatic carbocycles. The van der Waals surface area contributed by atoms with Gasteiger partial charge in [-0.25, -0.2) is 8.42 Å². The SMILES string of the molecule is Cc1ccccc1S(=O)(=O)c1[nH]c2ccc(Cc3c(C)cc(O)c(C)c3C)nc2c1C(C)C. The third kappa shape index (κ3) is 3.93. The minimum Gasteiger partial charge on any atom is -0.508 e. The van der Waals surface area contributed by atoms with Gasteiger partial charge >= 0.3 is 0 Å². The standard InChI is InChI=1S/C27H30N2O3S/c1-15(2)25-26-22(29-27(25)33(31,32)24-10-8-7-9-16(24)3)12-11-20(28-26)14-21-17(4)13-23(30)19(6)18(21)5/h7-13,15,29-30H,14H2,1-6H3. The van der Waals surface area contributed by atoms with Gasteiger partial charge < -0.3 is 10.1 Å². The molecule has 2 aromatic carbocycles. The molecule has 172 valence electrons. The van der Waals surface area contributed by atoms with Crippen molar-refractivity contribution in [2.45, 2.75) is 63.8 Å². The summed E-state index contributed by atoms with van der Waals surface area (Å²) in [5.41, 5.74) is 7.76. The van der Waals surface area contributed by atoms with Crippen molar-refractivity contribution in [3.8, 4) is 5.75 Å². The summed E-state index contributed by atoms with van der Waals surface area (Å²) in [4.78, 5) is 8.39. The molecule has 2 heterocycles. The number of pyridine rings is 1. The molecule has 2 aromatic heterocycles. The number of hydrogen-bond acceptors (Lipinski definition) is 4. The van der Waals surface area contributed by atoms with Crippen molar-refractivity contribution in [2.75, 3.05) is 0 Å². The second kappa shape index (κ2) is 8.34. The van der Waals surface area contributed by atoms with Crippen LogP contribution in [0.3, 0.4) is 0 Å². The molecule has 0 saturated carbocycles. The maximum Gasteiger partial charge on any atom is 0.222 e. The fraction of sp³-hybridized carbons (Fsp3) is 0.296. The first-order chi connectivity index (χ1) is 15.5. The summed E-state index contributed by atoms with van der Waals surface area (Å²) in [6.07, 6.45) is 0.608. The molecule has 0 spiro atoms. The normalized spacial score (nSPS) is 12.1. The molecule has 6 heteroatoms. The van der Waals surface area contributed by atoms with E-state index in [4.69, 9.17) is 4.98 Å². The average molecular weight is 463 g/mol. The zero-order valence-corrected chi connectivity index (χ0v) is 20.8. The Bertz CT molecular complexity index is 1480. The molecule has 0 bridgehead atoms. The van der Waals surface area contributed by atoms with E-state index in [0.29, 0.717) is 39.2 Å². The molecule has 33 heavy (non-hydrogen) atoms. The first kappa shape index (κ1) is 23.1. The predicted octanol–water partition coefficient (Wildman–Crippen LogP) is 6.05. The van der Waals surface area contributed by atoms with Gasteiger partial charge in [0, 0.05) is 17.7 Å². The first-order valence-electron chi connectivity index (χ1n) is 11.1. The number of aromatic hydroxyl groups is 1. The highest BCUT2D eigenvalue weighted by atomic mass is 32.2. The number of rotatable bonds is 5. The van der Waals surface area contributed by atoms with E-state index < -0.39 is 9.84 Å². The summed E-state index contributed by atoms with van der Waals surface area (Å²) in [5.74, 6) is 0.269. The van der Waals surface area contributed by atoms with Crippen LogP contribution < -0.4 is 0 Å². The lowest BCUT2D eigenvalue weighted by atomic mass is 9.94. The Labute approximate surface area is 195 Å². The molecule has 0 saturated heterocycles. The third-order valence-corrected chi connectivity index (χ3v) is 8.41. The van der Waals surface area contributed by atoms with Crippen LogP contribution in [0.25, 0.3) is 11.0 Å². The van der Waals surface area contributed by atoms with Crippen LogP contribution in [0.2, 0.25) is 0 Å². The number of benzene rings is 2. The van der Waals surface area contributed by atoms with Gasteiger partial charge in [0.1, 0.15) is 10.8 Å². The van der Waals surface area contributed by atoms with E-state index >= 15 is 0 Å². The monoisotopic (exact) mass is 462 g/mol. The molecular weight excluding hydrogens is 432 g/mol. The minimum atomic E-state index is -3.73. The van der Waals surface area contributed by atoms with Crippen LogP contribution in [0, 0.1) is 27.7 Å². The number of fused-ring (bicyclic) bond motifs is 1. The molecule has 0 atom stereocenters. The molecular formula is C27H30N2O3S. The second-order valence-electron chi connectivity index (χ2n) is 9.11. The minimum absolute atomic E-state index is 0.0327. The third-order valence-electron chi connectivity index (χ3n) is 6.52. The second-order valence-corrected chi connectivity index (χ2v) is 11.0. The Balaban J connectivity index is 1.87. The Morgan fingerprint density at radius 2 is 1.67 bits per heavy atom. The number of aromatic amines is 1. The lowest BCUT2D eigenvalue weighted by Crippen LogP contribution is -2.08. The Morgan fingerprint density at radius 1 is 0.970 bits per heavy atom. The van der Waals surface area contributed by atoms with Crippen LogP contribution >= 0.6 is 0 Å². The van der Waals surface area contributed by atoms with Crippen LogP contribution in [0.5, 0.6) is 5.75 Å². The molecule has 2 N–H and O–H groups in total. The van der Waals surface area contributed by atoms with Crippen LogP contribution in [0.4, 0.5) is 0 Å². The van der Waals surface area contributed by atoms with Crippen molar-refractivity contribution in [1.82, 2.24) is 9.97 Å². The maximum atomic E-state index is 13.6. The predicted molar refractivity (Wildman–Crippen MR) is 132 cm³/mol. The van der Waals surface area contributed by atoms with Gasteiger partial charge in [0.25, 0.3) is 0 Å². The maximum absolute atomic E-state index is 13.6. The van der Waals surface area contributed by atoms with E-state index in [0.717, 1.165) is 27.9 Å². The Kier molecular flexibility index (Phi) is 5.83. The smallest absolute Gasteiger partial charge is 0.222 e. The number of hydrogen-bond donors (Lipinski definition) is 2. The van der Waals surface area contributed by atoms with Gasteiger partial charge in [0.2, 0.25) is 9.84 Å². The van der Waals surface area contributed by atoms with Crippen LogP contribution in [-0.4, -0.2) is 23.5 Å². The van der Waals surface area contributed by atoms with Crippen molar-refractivity contribution in [3.63, 3.8) is 0 Å². The highest BCUT2D eigenvalue weighted by molar-refractivity contribution is 7.91. The van der Waals surface area contributed by atoms with Gasteiger partial charge in [-0.2, -0.15) is 0 Å². The number of aromatic nitrogens is 2. The van der Waals surface area contributed by atoms with Crippen molar-refractivity contribution < 1.29 is 13.5 Å². The van der Waals surface area contributed by atoms with Crippen LogP contribution in [0.1, 0.15) is 58.8 Å². The van der Waals surface area contributed by atoms with E-state index in [2.05, 4.69) is 4.98 Å².